The van der Waals surface area contributed by atoms with Crippen molar-refractivity contribution in [3.05, 3.63) is 78.5 Å². The lowest BCUT2D eigenvalue weighted by Gasteiger charge is -2.20. The molecule has 1 aromatic heterocycles. The fraction of sp³-hybridized carbons (Fsp3) is 0.227. The van der Waals surface area contributed by atoms with Crippen molar-refractivity contribution in [2.75, 3.05) is 11.9 Å². The zero-order valence-corrected chi connectivity index (χ0v) is 14.4. The van der Waals surface area contributed by atoms with Crippen LogP contribution in [0.15, 0.2) is 72.9 Å². The Kier molecular flexibility index (Phi) is 4.38. The zero-order valence-electron chi connectivity index (χ0n) is 14.4. The smallest absolute Gasteiger partial charge is 0.219 e. The van der Waals surface area contributed by atoms with Crippen molar-refractivity contribution in [1.82, 2.24) is 4.98 Å². The standard InChI is InChI=1S/C22H22N2O/c1-24(19-9-7-18(8-10-19)16-17-5-6-17)20-11-13-21(14-12-20)25-22-4-2-3-15-23-22/h2-4,7-15,17H,5-6,16H2,1H3. The molecule has 25 heavy (non-hydrogen) atoms. The fourth-order valence-corrected chi connectivity index (χ4v) is 2.93. The number of pyridine rings is 1. The zero-order chi connectivity index (χ0) is 17.1. The molecule has 0 N–H and O–H groups in total. The van der Waals surface area contributed by atoms with Crippen molar-refractivity contribution >= 4 is 11.4 Å². The van der Waals surface area contributed by atoms with Crippen LogP contribution < -0.4 is 9.64 Å². The molecule has 1 heterocycles. The number of hydrogen-bond acceptors (Lipinski definition) is 3. The molecule has 1 saturated carbocycles. The second-order valence-electron chi connectivity index (χ2n) is 6.64. The highest BCUT2D eigenvalue weighted by atomic mass is 16.5. The summed E-state index contributed by atoms with van der Waals surface area (Å²) < 4.78 is 5.75. The Morgan fingerprint density at radius 1 is 0.920 bits per heavy atom. The van der Waals surface area contributed by atoms with Crippen molar-refractivity contribution in [2.45, 2.75) is 19.3 Å². The summed E-state index contributed by atoms with van der Waals surface area (Å²) in [6, 6.07) is 22.6. The molecule has 0 saturated heterocycles. The third-order valence-electron chi connectivity index (χ3n) is 4.63. The molecular formula is C22H22N2O. The van der Waals surface area contributed by atoms with E-state index in [0.29, 0.717) is 5.88 Å². The van der Waals surface area contributed by atoms with E-state index in [9.17, 15) is 0 Å². The van der Waals surface area contributed by atoms with Gasteiger partial charge < -0.3 is 9.64 Å². The Morgan fingerprint density at radius 3 is 2.20 bits per heavy atom. The van der Waals surface area contributed by atoms with Gasteiger partial charge in [-0.3, -0.25) is 0 Å². The summed E-state index contributed by atoms with van der Waals surface area (Å²) in [6.07, 6.45) is 5.75. The average molecular weight is 330 g/mol. The predicted molar refractivity (Wildman–Crippen MR) is 102 cm³/mol. The fourth-order valence-electron chi connectivity index (χ4n) is 2.93. The van der Waals surface area contributed by atoms with E-state index in [1.54, 1.807) is 6.20 Å². The molecule has 0 amide bonds. The van der Waals surface area contributed by atoms with Crippen molar-refractivity contribution in [3.8, 4) is 11.6 Å². The summed E-state index contributed by atoms with van der Waals surface area (Å²) in [6.45, 7) is 0. The Bertz CT molecular complexity index is 809. The van der Waals surface area contributed by atoms with Crippen molar-refractivity contribution < 1.29 is 4.74 Å². The molecule has 4 rings (SSSR count). The highest BCUT2D eigenvalue weighted by molar-refractivity contribution is 5.63. The molecule has 1 aliphatic carbocycles. The second-order valence-corrected chi connectivity index (χ2v) is 6.64. The van der Waals surface area contributed by atoms with Crippen LogP contribution >= 0.6 is 0 Å². The molecule has 3 aromatic rings. The van der Waals surface area contributed by atoms with Crippen LogP contribution in [0.5, 0.6) is 11.6 Å². The number of ether oxygens (including phenoxy) is 1. The summed E-state index contributed by atoms with van der Waals surface area (Å²) in [5.41, 5.74) is 3.76. The van der Waals surface area contributed by atoms with Gasteiger partial charge >= 0.3 is 0 Å². The first kappa shape index (κ1) is 15.7. The normalized spacial score (nSPS) is 13.5. The van der Waals surface area contributed by atoms with Gasteiger partial charge in [0.25, 0.3) is 0 Å². The van der Waals surface area contributed by atoms with Gasteiger partial charge in [-0.15, -0.1) is 0 Å². The first-order valence-corrected chi connectivity index (χ1v) is 8.79. The molecule has 0 aliphatic heterocycles. The molecule has 1 fully saturated rings. The van der Waals surface area contributed by atoms with E-state index in [2.05, 4.69) is 53.3 Å². The molecule has 126 valence electrons. The first-order chi connectivity index (χ1) is 12.3. The van der Waals surface area contributed by atoms with Gasteiger partial charge in [-0.1, -0.05) is 18.2 Å². The van der Waals surface area contributed by atoms with E-state index in [1.165, 1.54) is 30.5 Å². The van der Waals surface area contributed by atoms with Gasteiger partial charge in [0.05, 0.1) is 0 Å². The van der Waals surface area contributed by atoms with Gasteiger partial charge in [0, 0.05) is 30.7 Å². The topological polar surface area (TPSA) is 25.4 Å². The summed E-state index contributed by atoms with van der Waals surface area (Å²) in [7, 11) is 2.09. The molecule has 3 nitrogen and oxygen atoms in total. The van der Waals surface area contributed by atoms with Crippen LogP contribution in [-0.2, 0) is 6.42 Å². The van der Waals surface area contributed by atoms with E-state index in [1.807, 2.05) is 30.3 Å². The van der Waals surface area contributed by atoms with E-state index in [0.717, 1.165) is 17.4 Å². The van der Waals surface area contributed by atoms with Crippen molar-refractivity contribution in [2.24, 2.45) is 5.92 Å². The largest absolute Gasteiger partial charge is 0.439 e. The Morgan fingerprint density at radius 2 is 1.60 bits per heavy atom. The lowest BCUT2D eigenvalue weighted by atomic mass is 10.1. The van der Waals surface area contributed by atoms with E-state index in [4.69, 9.17) is 4.74 Å². The molecule has 1 aliphatic rings. The van der Waals surface area contributed by atoms with Crippen LogP contribution in [0.2, 0.25) is 0 Å². The highest BCUT2D eigenvalue weighted by Crippen LogP contribution is 2.33. The van der Waals surface area contributed by atoms with Crippen LogP contribution in [0.25, 0.3) is 0 Å². The summed E-state index contributed by atoms with van der Waals surface area (Å²) >= 11 is 0. The quantitative estimate of drug-likeness (QED) is 0.589. The third-order valence-corrected chi connectivity index (χ3v) is 4.63. The lowest BCUT2D eigenvalue weighted by molar-refractivity contribution is 0.463. The van der Waals surface area contributed by atoms with E-state index < -0.39 is 0 Å². The van der Waals surface area contributed by atoms with Crippen molar-refractivity contribution in [1.29, 1.82) is 0 Å². The molecule has 3 heteroatoms. The van der Waals surface area contributed by atoms with Crippen LogP contribution in [0.3, 0.4) is 0 Å². The van der Waals surface area contributed by atoms with Gasteiger partial charge in [-0.25, -0.2) is 4.98 Å². The molecular weight excluding hydrogens is 308 g/mol. The summed E-state index contributed by atoms with van der Waals surface area (Å²) in [5, 5.41) is 0. The maximum atomic E-state index is 5.75. The maximum absolute atomic E-state index is 5.75. The number of anilines is 2. The molecule has 0 atom stereocenters. The predicted octanol–water partition coefficient (Wildman–Crippen LogP) is 5.59. The Balaban J connectivity index is 1.43. The first-order valence-electron chi connectivity index (χ1n) is 8.79. The molecule has 0 unspecified atom stereocenters. The number of aromatic nitrogens is 1. The Labute approximate surface area is 148 Å². The van der Waals surface area contributed by atoms with Gasteiger partial charge in [-0.2, -0.15) is 0 Å². The second kappa shape index (κ2) is 6.98. The van der Waals surface area contributed by atoms with E-state index >= 15 is 0 Å². The van der Waals surface area contributed by atoms with Gasteiger partial charge in [-0.05, 0) is 73.2 Å². The van der Waals surface area contributed by atoms with Crippen LogP contribution in [0.1, 0.15) is 18.4 Å². The monoisotopic (exact) mass is 330 g/mol. The van der Waals surface area contributed by atoms with Crippen molar-refractivity contribution in [3.63, 3.8) is 0 Å². The maximum Gasteiger partial charge on any atom is 0.219 e. The van der Waals surface area contributed by atoms with E-state index in [-0.39, 0.29) is 0 Å². The number of benzene rings is 2. The van der Waals surface area contributed by atoms with Crippen LogP contribution in [0.4, 0.5) is 11.4 Å². The minimum absolute atomic E-state index is 0.606. The third kappa shape index (κ3) is 4.00. The molecule has 0 radical (unpaired) electrons. The minimum Gasteiger partial charge on any atom is -0.439 e. The number of hydrogen-bond donors (Lipinski definition) is 0. The summed E-state index contributed by atoms with van der Waals surface area (Å²) in [4.78, 5) is 6.37. The Hall–Kier alpha value is -2.81. The minimum atomic E-state index is 0.606. The molecule has 0 bridgehead atoms. The van der Waals surface area contributed by atoms with Gasteiger partial charge in [0.1, 0.15) is 5.75 Å². The van der Waals surface area contributed by atoms with Gasteiger partial charge in [0.2, 0.25) is 5.88 Å². The van der Waals surface area contributed by atoms with Gasteiger partial charge in [0.15, 0.2) is 0 Å². The molecule has 0 spiro atoms. The average Bonchev–Trinajstić information content (AvgIpc) is 3.47. The highest BCUT2D eigenvalue weighted by Gasteiger charge is 2.21. The molecule has 2 aromatic carbocycles. The SMILES string of the molecule is CN(c1ccc(CC2CC2)cc1)c1ccc(Oc2ccccn2)cc1. The summed E-state index contributed by atoms with van der Waals surface area (Å²) in [5.74, 6) is 2.32. The number of nitrogens with zero attached hydrogens (tertiary/aromatic N) is 2. The number of rotatable bonds is 6. The van der Waals surface area contributed by atoms with Crippen LogP contribution in [-0.4, -0.2) is 12.0 Å². The van der Waals surface area contributed by atoms with Crippen LogP contribution in [0, 0.1) is 5.92 Å². The lowest BCUT2D eigenvalue weighted by Crippen LogP contribution is -2.09.